The van der Waals surface area contributed by atoms with Crippen LogP contribution in [0.15, 0.2) is 53.1 Å². The molecule has 144 valence electrons. The van der Waals surface area contributed by atoms with Crippen LogP contribution in [-0.2, 0) is 0 Å². The molecule has 4 rings (SSSR count). The monoisotopic (exact) mass is 396 g/mol. The molecule has 7 heteroatoms. The van der Waals surface area contributed by atoms with Gasteiger partial charge in [-0.3, -0.25) is 0 Å². The Morgan fingerprint density at radius 2 is 2.04 bits per heavy atom. The van der Waals surface area contributed by atoms with E-state index in [4.69, 9.17) is 16.1 Å². The number of urea groups is 1. The fraction of sp³-hybridized carbons (Fsp3) is 0.286. The van der Waals surface area contributed by atoms with Crippen LogP contribution < -0.4 is 5.32 Å². The number of amides is 2. The molecule has 6 nitrogen and oxygen atoms in total. The van der Waals surface area contributed by atoms with E-state index in [-0.39, 0.29) is 12.1 Å². The fourth-order valence-corrected chi connectivity index (χ4v) is 3.55. The summed E-state index contributed by atoms with van der Waals surface area (Å²) in [6, 6.07) is 14.7. The molecule has 2 aromatic carbocycles. The number of rotatable bonds is 3. The largest absolute Gasteiger partial charge is 0.337 e. The van der Waals surface area contributed by atoms with Gasteiger partial charge in [-0.2, -0.15) is 4.98 Å². The Morgan fingerprint density at radius 3 is 2.82 bits per heavy atom. The van der Waals surface area contributed by atoms with Gasteiger partial charge in [0, 0.05) is 22.8 Å². The van der Waals surface area contributed by atoms with Crippen LogP contribution in [0.1, 0.15) is 36.8 Å². The van der Waals surface area contributed by atoms with Gasteiger partial charge in [0.2, 0.25) is 11.7 Å². The summed E-state index contributed by atoms with van der Waals surface area (Å²) < 4.78 is 5.52. The van der Waals surface area contributed by atoms with Gasteiger partial charge in [-0.05, 0) is 43.9 Å². The molecule has 1 aliphatic heterocycles. The molecular weight excluding hydrogens is 376 g/mol. The van der Waals surface area contributed by atoms with E-state index < -0.39 is 0 Å². The van der Waals surface area contributed by atoms with Gasteiger partial charge >= 0.3 is 6.03 Å². The quantitative estimate of drug-likeness (QED) is 0.638. The minimum atomic E-state index is -0.236. The van der Waals surface area contributed by atoms with E-state index in [2.05, 4.69) is 15.5 Å². The smallest absolute Gasteiger partial charge is 0.322 e. The maximum Gasteiger partial charge on any atom is 0.322 e. The van der Waals surface area contributed by atoms with Gasteiger partial charge in [0.05, 0.1) is 0 Å². The third-order valence-electron chi connectivity index (χ3n) is 4.95. The van der Waals surface area contributed by atoms with Crippen LogP contribution in [-0.4, -0.2) is 27.6 Å². The highest BCUT2D eigenvalue weighted by atomic mass is 35.5. The predicted octanol–water partition coefficient (Wildman–Crippen LogP) is 5.46. The standard InChI is InChI=1S/C21H21ClN4O2/c1-14-10-11-16(13-17(14)22)23-21(27)26-12-6-5-9-18(26)20-24-19(25-28-20)15-7-3-2-4-8-15/h2-4,7-8,10-11,13,18H,5-6,9,12H2,1H3,(H,23,27)/t18-/m0/s1. The Bertz CT molecular complexity index is 974. The number of hydrogen-bond acceptors (Lipinski definition) is 4. The summed E-state index contributed by atoms with van der Waals surface area (Å²) in [5.74, 6) is 1.00. The average Bonchev–Trinajstić information content (AvgIpc) is 3.21. The number of nitrogens with zero attached hydrogens (tertiary/aromatic N) is 3. The van der Waals surface area contributed by atoms with Crippen molar-refractivity contribution in [2.24, 2.45) is 0 Å². The molecule has 1 N–H and O–H groups in total. The summed E-state index contributed by atoms with van der Waals surface area (Å²) >= 11 is 6.17. The van der Waals surface area contributed by atoms with Crippen LogP contribution in [0.4, 0.5) is 10.5 Å². The molecule has 1 fully saturated rings. The maximum atomic E-state index is 12.9. The first-order chi connectivity index (χ1) is 13.6. The number of piperidine rings is 1. The summed E-state index contributed by atoms with van der Waals surface area (Å²) in [4.78, 5) is 19.2. The van der Waals surface area contributed by atoms with E-state index in [1.165, 1.54) is 0 Å². The molecule has 1 aromatic heterocycles. The van der Waals surface area contributed by atoms with E-state index in [0.717, 1.165) is 30.4 Å². The molecule has 0 spiro atoms. The van der Waals surface area contributed by atoms with Crippen molar-refractivity contribution in [1.29, 1.82) is 0 Å². The van der Waals surface area contributed by atoms with Crippen LogP contribution in [0.2, 0.25) is 5.02 Å². The molecule has 0 unspecified atom stereocenters. The summed E-state index contributed by atoms with van der Waals surface area (Å²) in [6.07, 6.45) is 2.74. The molecule has 1 saturated heterocycles. The van der Waals surface area contributed by atoms with Crippen LogP contribution >= 0.6 is 11.6 Å². The second kappa shape index (κ2) is 8.02. The molecule has 2 heterocycles. The molecule has 28 heavy (non-hydrogen) atoms. The number of hydrogen-bond donors (Lipinski definition) is 1. The number of anilines is 1. The van der Waals surface area contributed by atoms with Crippen molar-refractivity contribution in [1.82, 2.24) is 15.0 Å². The zero-order valence-electron chi connectivity index (χ0n) is 15.6. The lowest BCUT2D eigenvalue weighted by Crippen LogP contribution is -2.41. The first-order valence-electron chi connectivity index (χ1n) is 9.34. The molecule has 1 atom stereocenters. The highest BCUT2D eigenvalue weighted by Crippen LogP contribution is 2.32. The first-order valence-corrected chi connectivity index (χ1v) is 9.72. The van der Waals surface area contributed by atoms with Crippen molar-refractivity contribution >= 4 is 23.3 Å². The number of carbonyl (C=O) groups is 1. The Morgan fingerprint density at radius 1 is 1.21 bits per heavy atom. The molecule has 0 aliphatic carbocycles. The number of benzene rings is 2. The van der Waals surface area contributed by atoms with E-state index in [1.807, 2.05) is 49.4 Å². The van der Waals surface area contributed by atoms with Gasteiger partial charge in [-0.1, -0.05) is 53.2 Å². The minimum absolute atomic E-state index is 0.191. The lowest BCUT2D eigenvalue weighted by Gasteiger charge is -2.33. The van der Waals surface area contributed by atoms with E-state index >= 15 is 0 Å². The van der Waals surface area contributed by atoms with Crippen molar-refractivity contribution in [2.45, 2.75) is 32.2 Å². The van der Waals surface area contributed by atoms with Crippen molar-refractivity contribution < 1.29 is 9.32 Å². The molecule has 0 radical (unpaired) electrons. The maximum absolute atomic E-state index is 12.9. The Labute approximate surface area is 168 Å². The topological polar surface area (TPSA) is 71.3 Å². The van der Waals surface area contributed by atoms with Gasteiger partial charge in [-0.25, -0.2) is 4.79 Å². The van der Waals surface area contributed by atoms with Crippen LogP contribution in [0.25, 0.3) is 11.4 Å². The lowest BCUT2D eigenvalue weighted by molar-refractivity contribution is 0.142. The SMILES string of the molecule is Cc1ccc(NC(=O)N2CCCC[C@H]2c2nc(-c3ccccc3)no2)cc1Cl. The van der Waals surface area contributed by atoms with Crippen molar-refractivity contribution in [3.8, 4) is 11.4 Å². The van der Waals surface area contributed by atoms with Gasteiger partial charge in [0.25, 0.3) is 0 Å². The summed E-state index contributed by atoms with van der Waals surface area (Å²) in [6.45, 7) is 2.56. The highest BCUT2D eigenvalue weighted by molar-refractivity contribution is 6.31. The van der Waals surface area contributed by atoms with E-state index in [0.29, 0.717) is 29.0 Å². The van der Waals surface area contributed by atoms with Crippen molar-refractivity contribution in [2.75, 3.05) is 11.9 Å². The number of aromatic nitrogens is 2. The van der Waals surface area contributed by atoms with Crippen LogP contribution in [0.5, 0.6) is 0 Å². The highest BCUT2D eigenvalue weighted by Gasteiger charge is 2.32. The van der Waals surface area contributed by atoms with Crippen LogP contribution in [0.3, 0.4) is 0 Å². The van der Waals surface area contributed by atoms with E-state index in [9.17, 15) is 4.79 Å². The summed E-state index contributed by atoms with van der Waals surface area (Å²) in [5.41, 5.74) is 2.52. The fourth-order valence-electron chi connectivity index (χ4n) is 3.37. The van der Waals surface area contributed by atoms with Gasteiger partial charge in [-0.15, -0.1) is 0 Å². The number of halogens is 1. The predicted molar refractivity (Wildman–Crippen MR) is 108 cm³/mol. The van der Waals surface area contributed by atoms with Crippen molar-refractivity contribution in [3.63, 3.8) is 0 Å². The number of likely N-dealkylation sites (tertiary alicyclic amines) is 1. The van der Waals surface area contributed by atoms with Gasteiger partial charge in [0.15, 0.2) is 0 Å². The summed E-state index contributed by atoms with van der Waals surface area (Å²) in [5, 5.41) is 7.65. The Kier molecular flexibility index (Phi) is 5.30. The Balaban J connectivity index is 1.53. The van der Waals surface area contributed by atoms with Gasteiger partial charge in [0.1, 0.15) is 6.04 Å². The molecular formula is C21H21ClN4O2. The van der Waals surface area contributed by atoms with Gasteiger partial charge < -0.3 is 14.7 Å². The number of carbonyl (C=O) groups excluding carboxylic acids is 1. The first kappa shape index (κ1) is 18.5. The zero-order chi connectivity index (χ0) is 19.5. The van der Waals surface area contributed by atoms with Crippen LogP contribution in [0, 0.1) is 6.92 Å². The normalized spacial score (nSPS) is 16.8. The molecule has 3 aromatic rings. The molecule has 2 amide bonds. The number of aryl methyl sites for hydroxylation is 1. The lowest BCUT2D eigenvalue weighted by atomic mass is 10.0. The third kappa shape index (κ3) is 3.87. The van der Waals surface area contributed by atoms with E-state index in [1.54, 1.807) is 11.0 Å². The minimum Gasteiger partial charge on any atom is -0.337 e. The van der Waals surface area contributed by atoms with Crippen molar-refractivity contribution in [3.05, 3.63) is 65.0 Å². The zero-order valence-corrected chi connectivity index (χ0v) is 16.3. The molecule has 0 bridgehead atoms. The second-order valence-electron chi connectivity index (χ2n) is 6.92. The second-order valence-corrected chi connectivity index (χ2v) is 7.33. The Hall–Kier alpha value is -2.86. The summed E-state index contributed by atoms with van der Waals surface area (Å²) in [7, 11) is 0. The third-order valence-corrected chi connectivity index (χ3v) is 5.35. The number of nitrogens with one attached hydrogen (secondary N) is 1. The molecule has 1 aliphatic rings. The molecule has 0 saturated carbocycles. The average molecular weight is 397 g/mol.